The van der Waals surface area contributed by atoms with Crippen molar-refractivity contribution in [2.45, 2.75) is 62.4 Å². The smallest absolute Gasteiger partial charge is 0.344 e. The number of carbonyl (C=O) groups is 1. The Morgan fingerprint density at radius 2 is 1.70 bits per heavy atom. The molecule has 0 unspecified atom stereocenters. The Bertz CT molecular complexity index is 804. The van der Waals surface area contributed by atoms with Crippen molar-refractivity contribution in [3.8, 4) is 5.75 Å². The number of hydrogen-bond acceptors (Lipinski definition) is 3. The number of rotatable bonds is 6. The van der Waals surface area contributed by atoms with Crippen molar-refractivity contribution in [2.24, 2.45) is 0 Å². The second kappa shape index (κ2) is 8.14. The first-order valence-corrected chi connectivity index (χ1v) is 12.0. The lowest BCUT2D eigenvalue weighted by molar-refractivity contribution is -0.162. The van der Waals surface area contributed by atoms with Crippen LogP contribution in [-0.2, 0) is 9.53 Å². The van der Waals surface area contributed by atoms with Gasteiger partial charge in [-0.25, -0.2) is 15.7 Å². The SMILES string of the molecule is CCC1(OC(=O)COc2ccc([SH]3CCCC3)c3ccccc23)CCCC1. The maximum atomic E-state index is 12.4. The van der Waals surface area contributed by atoms with E-state index in [1.807, 2.05) is 6.07 Å². The van der Waals surface area contributed by atoms with Gasteiger partial charge in [0.2, 0.25) is 0 Å². The molecule has 0 amide bonds. The van der Waals surface area contributed by atoms with E-state index in [0.29, 0.717) is 0 Å². The average molecular weight is 387 g/mol. The summed E-state index contributed by atoms with van der Waals surface area (Å²) in [6.07, 6.45) is 7.85. The Morgan fingerprint density at radius 3 is 2.41 bits per heavy atom. The lowest BCUT2D eigenvalue weighted by Gasteiger charge is -2.27. The molecule has 27 heavy (non-hydrogen) atoms. The van der Waals surface area contributed by atoms with Crippen LogP contribution >= 0.6 is 10.9 Å². The molecule has 1 aliphatic heterocycles. The van der Waals surface area contributed by atoms with Crippen molar-refractivity contribution in [3.63, 3.8) is 0 Å². The van der Waals surface area contributed by atoms with E-state index in [2.05, 4.69) is 37.3 Å². The first-order valence-electron chi connectivity index (χ1n) is 10.3. The zero-order valence-electron chi connectivity index (χ0n) is 16.2. The zero-order chi connectivity index (χ0) is 18.7. The third-order valence-corrected chi connectivity index (χ3v) is 8.93. The van der Waals surface area contributed by atoms with E-state index in [1.54, 1.807) is 0 Å². The molecule has 1 saturated carbocycles. The van der Waals surface area contributed by atoms with Crippen LogP contribution in [0, 0.1) is 0 Å². The molecular formula is C23H30O3S. The van der Waals surface area contributed by atoms with Crippen LogP contribution in [0.5, 0.6) is 5.75 Å². The fourth-order valence-corrected chi connectivity index (χ4v) is 7.31. The summed E-state index contributed by atoms with van der Waals surface area (Å²) in [7, 11) is -0.0398. The Balaban J connectivity index is 1.49. The molecule has 0 aromatic heterocycles. The monoisotopic (exact) mass is 386 g/mol. The minimum absolute atomic E-state index is 0.0140. The summed E-state index contributed by atoms with van der Waals surface area (Å²) in [6.45, 7) is 2.09. The molecule has 2 aromatic carbocycles. The predicted molar refractivity (Wildman–Crippen MR) is 113 cm³/mol. The Hall–Kier alpha value is -1.68. The van der Waals surface area contributed by atoms with Gasteiger partial charge in [-0.1, -0.05) is 31.2 Å². The van der Waals surface area contributed by atoms with Gasteiger partial charge in [0.15, 0.2) is 6.61 Å². The lowest BCUT2D eigenvalue weighted by Crippen LogP contribution is -2.33. The predicted octanol–water partition coefficient (Wildman–Crippen LogP) is 5.64. The molecule has 0 spiro atoms. The maximum absolute atomic E-state index is 12.4. The molecule has 146 valence electrons. The molecule has 2 aromatic rings. The zero-order valence-corrected chi connectivity index (χ0v) is 17.1. The number of fused-ring (bicyclic) bond motifs is 1. The van der Waals surface area contributed by atoms with E-state index in [-0.39, 0.29) is 29.1 Å². The van der Waals surface area contributed by atoms with Crippen LogP contribution in [0.2, 0.25) is 0 Å². The summed E-state index contributed by atoms with van der Waals surface area (Å²) in [4.78, 5) is 13.9. The van der Waals surface area contributed by atoms with Crippen molar-refractivity contribution in [1.82, 2.24) is 0 Å². The highest BCUT2D eigenvalue weighted by Crippen LogP contribution is 2.47. The van der Waals surface area contributed by atoms with Crippen LogP contribution in [0.4, 0.5) is 0 Å². The van der Waals surface area contributed by atoms with Gasteiger partial charge in [0.1, 0.15) is 11.4 Å². The molecule has 2 aliphatic rings. The fraction of sp³-hybridized carbons (Fsp3) is 0.522. The van der Waals surface area contributed by atoms with Crippen LogP contribution in [0.15, 0.2) is 41.3 Å². The summed E-state index contributed by atoms with van der Waals surface area (Å²) >= 11 is 0. The van der Waals surface area contributed by atoms with Gasteiger partial charge in [-0.2, -0.15) is 0 Å². The molecule has 1 aliphatic carbocycles. The van der Waals surface area contributed by atoms with Crippen molar-refractivity contribution in [1.29, 1.82) is 0 Å². The van der Waals surface area contributed by atoms with Gasteiger partial charge < -0.3 is 9.47 Å². The molecule has 1 saturated heterocycles. The maximum Gasteiger partial charge on any atom is 0.344 e. The summed E-state index contributed by atoms with van der Waals surface area (Å²) in [5.41, 5.74) is -0.253. The van der Waals surface area contributed by atoms with Crippen LogP contribution in [-0.4, -0.2) is 29.7 Å². The minimum atomic E-state index is -0.253. The molecule has 3 nitrogen and oxygen atoms in total. The summed E-state index contributed by atoms with van der Waals surface area (Å²) in [6, 6.07) is 12.7. The van der Waals surface area contributed by atoms with Crippen LogP contribution < -0.4 is 4.74 Å². The number of benzene rings is 2. The highest BCUT2D eigenvalue weighted by Gasteiger charge is 2.35. The van der Waals surface area contributed by atoms with Gasteiger partial charge >= 0.3 is 5.97 Å². The number of hydrogen-bond donors (Lipinski definition) is 1. The van der Waals surface area contributed by atoms with Gasteiger partial charge in [0.25, 0.3) is 0 Å². The fourth-order valence-electron chi connectivity index (χ4n) is 4.57. The van der Waals surface area contributed by atoms with Crippen molar-refractivity contribution < 1.29 is 14.3 Å². The Labute approximate surface area is 164 Å². The second-order valence-electron chi connectivity index (χ2n) is 7.83. The van der Waals surface area contributed by atoms with E-state index < -0.39 is 0 Å². The van der Waals surface area contributed by atoms with Gasteiger partial charge in [-0.15, -0.1) is 0 Å². The third kappa shape index (κ3) is 3.96. The summed E-state index contributed by atoms with van der Waals surface area (Å²) in [5.74, 6) is 3.22. The number of ether oxygens (including phenoxy) is 2. The number of carbonyl (C=O) groups excluding carboxylic acids is 1. The van der Waals surface area contributed by atoms with E-state index in [9.17, 15) is 4.79 Å². The lowest BCUT2D eigenvalue weighted by atomic mass is 9.99. The topological polar surface area (TPSA) is 35.5 Å². The molecule has 0 bridgehead atoms. The summed E-state index contributed by atoms with van der Waals surface area (Å²) in [5, 5.41) is 2.40. The Morgan fingerprint density at radius 1 is 1.00 bits per heavy atom. The summed E-state index contributed by atoms with van der Waals surface area (Å²) < 4.78 is 11.8. The van der Waals surface area contributed by atoms with Gasteiger partial charge in [-0.3, -0.25) is 0 Å². The standard InChI is InChI=1S/C23H30O3S/c1-2-23(13-5-6-14-23)26-22(24)17-25-20-11-12-21(27-15-7-8-16-27)19-10-4-3-9-18(19)20/h3-4,9-12,27H,2,5-8,13-17H2,1H3. The molecule has 0 N–H and O–H groups in total. The van der Waals surface area contributed by atoms with Crippen molar-refractivity contribution in [2.75, 3.05) is 18.1 Å². The first-order chi connectivity index (χ1) is 13.2. The number of thiol groups is 1. The van der Waals surface area contributed by atoms with E-state index in [0.717, 1.165) is 43.2 Å². The largest absolute Gasteiger partial charge is 0.481 e. The van der Waals surface area contributed by atoms with Crippen LogP contribution in [0.3, 0.4) is 0 Å². The normalized spacial score (nSPS) is 20.1. The van der Waals surface area contributed by atoms with E-state index in [4.69, 9.17) is 9.47 Å². The molecular weight excluding hydrogens is 356 g/mol. The number of esters is 1. The first kappa shape index (κ1) is 18.7. The van der Waals surface area contributed by atoms with Gasteiger partial charge in [0, 0.05) is 5.39 Å². The van der Waals surface area contributed by atoms with E-state index in [1.165, 1.54) is 34.6 Å². The third-order valence-electron chi connectivity index (χ3n) is 6.14. The molecule has 0 atom stereocenters. The highest BCUT2D eigenvalue weighted by molar-refractivity contribution is 8.17. The van der Waals surface area contributed by atoms with Gasteiger partial charge in [0.05, 0.1) is 0 Å². The molecule has 0 radical (unpaired) electrons. The second-order valence-corrected chi connectivity index (χ2v) is 10.3. The van der Waals surface area contributed by atoms with Crippen molar-refractivity contribution in [3.05, 3.63) is 36.4 Å². The minimum Gasteiger partial charge on any atom is -0.481 e. The molecule has 4 heteroatoms. The Kier molecular flexibility index (Phi) is 5.63. The van der Waals surface area contributed by atoms with Crippen molar-refractivity contribution >= 4 is 27.6 Å². The van der Waals surface area contributed by atoms with Crippen LogP contribution in [0.25, 0.3) is 10.8 Å². The highest BCUT2D eigenvalue weighted by atomic mass is 32.2. The molecule has 1 heterocycles. The van der Waals surface area contributed by atoms with Gasteiger partial charge in [-0.05, 0) is 78.9 Å². The quantitative estimate of drug-likeness (QED) is 0.515. The van der Waals surface area contributed by atoms with E-state index >= 15 is 0 Å². The van der Waals surface area contributed by atoms with Crippen LogP contribution in [0.1, 0.15) is 51.9 Å². The molecule has 4 rings (SSSR count). The molecule has 2 fully saturated rings. The average Bonchev–Trinajstić information content (AvgIpc) is 3.39.